The van der Waals surface area contributed by atoms with Crippen molar-refractivity contribution in [1.82, 2.24) is 25.1 Å². The summed E-state index contributed by atoms with van der Waals surface area (Å²) < 4.78 is 1.70. The molecule has 1 aromatic heterocycles. The van der Waals surface area contributed by atoms with Crippen LogP contribution in [0.4, 0.5) is 0 Å². The first-order valence-electron chi connectivity index (χ1n) is 8.31. The molecule has 3 rings (SSSR count). The Morgan fingerprint density at radius 2 is 2.17 bits per heavy atom. The molecule has 0 radical (unpaired) electrons. The van der Waals surface area contributed by atoms with Crippen molar-refractivity contribution in [3.8, 4) is 5.69 Å². The zero-order valence-electron chi connectivity index (χ0n) is 14.4. The highest BCUT2D eigenvalue weighted by Gasteiger charge is 2.21. The third kappa shape index (κ3) is 3.77. The lowest BCUT2D eigenvalue weighted by atomic mass is 10.0. The van der Waals surface area contributed by atoms with Crippen molar-refractivity contribution in [2.75, 3.05) is 18.8 Å². The van der Waals surface area contributed by atoms with E-state index in [0.29, 0.717) is 16.8 Å². The number of benzene rings is 1. The predicted molar refractivity (Wildman–Crippen MR) is 94.3 cm³/mol. The van der Waals surface area contributed by atoms with E-state index in [1.165, 1.54) is 29.3 Å². The molecule has 1 saturated heterocycles. The van der Waals surface area contributed by atoms with Gasteiger partial charge < -0.3 is 4.90 Å². The average Bonchev–Trinajstić information content (AvgIpc) is 3.03. The largest absolute Gasteiger partial charge is 0.342 e. The normalized spacial score (nSPS) is 18.0. The Balaban J connectivity index is 1.67. The first-order chi connectivity index (χ1) is 11.5. The van der Waals surface area contributed by atoms with Crippen molar-refractivity contribution in [1.29, 1.82) is 0 Å². The minimum absolute atomic E-state index is 0.168. The van der Waals surface area contributed by atoms with Crippen molar-refractivity contribution in [3.05, 3.63) is 29.3 Å². The van der Waals surface area contributed by atoms with Gasteiger partial charge in [-0.1, -0.05) is 24.8 Å². The Morgan fingerprint density at radius 3 is 2.92 bits per heavy atom. The number of tetrazole rings is 1. The summed E-state index contributed by atoms with van der Waals surface area (Å²) in [6.45, 7) is 8.07. The molecule has 0 aliphatic carbocycles. The van der Waals surface area contributed by atoms with Gasteiger partial charge in [0.1, 0.15) is 0 Å². The number of carbonyl (C=O) groups excluding carboxylic acids is 1. The third-order valence-electron chi connectivity index (χ3n) is 4.51. The van der Waals surface area contributed by atoms with Gasteiger partial charge in [0.25, 0.3) is 0 Å². The Bertz CT molecular complexity index is 730. The minimum atomic E-state index is 0.168. The molecule has 1 amide bonds. The van der Waals surface area contributed by atoms with Crippen molar-refractivity contribution in [2.45, 2.75) is 38.8 Å². The molecule has 24 heavy (non-hydrogen) atoms. The molecule has 0 bridgehead atoms. The topological polar surface area (TPSA) is 63.9 Å². The molecule has 1 aliphatic rings. The Labute approximate surface area is 146 Å². The van der Waals surface area contributed by atoms with E-state index < -0.39 is 0 Å². The highest BCUT2D eigenvalue weighted by Crippen LogP contribution is 2.22. The zero-order chi connectivity index (χ0) is 17.1. The van der Waals surface area contributed by atoms with Gasteiger partial charge in [0.2, 0.25) is 11.1 Å². The van der Waals surface area contributed by atoms with E-state index >= 15 is 0 Å². The van der Waals surface area contributed by atoms with Crippen LogP contribution in [0.3, 0.4) is 0 Å². The van der Waals surface area contributed by atoms with Crippen LogP contribution >= 0.6 is 11.8 Å². The number of aromatic nitrogens is 4. The molecule has 6 nitrogen and oxygen atoms in total. The number of aryl methyl sites for hydroxylation is 2. The molecule has 1 atom stereocenters. The Kier molecular flexibility index (Phi) is 5.18. The summed E-state index contributed by atoms with van der Waals surface area (Å²) >= 11 is 1.40. The second-order valence-electron chi connectivity index (χ2n) is 6.52. The van der Waals surface area contributed by atoms with Gasteiger partial charge in [-0.2, -0.15) is 4.68 Å². The molecule has 0 N–H and O–H groups in total. The highest BCUT2D eigenvalue weighted by molar-refractivity contribution is 7.99. The molecular weight excluding hydrogens is 322 g/mol. The number of carbonyl (C=O) groups is 1. The van der Waals surface area contributed by atoms with Crippen LogP contribution in [-0.2, 0) is 4.79 Å². The van der Waals surface area contributed by atoms with Crippen LogP contribution in [0.5, 0.6) is 0 Å². The van der Waals surface area contributed by atoms with E-state index in [9.17, 15) is 4.79 Å². The molecule has 1 aliphatic heterocycles. The summed E-state index contributed by atoms with van der Waals surface area (Å²) in [6, 6.07) is 6.11. The summed E-state index contributed by atoms with van der Waals surface area (Å²) in [7, 11) is 0. The van der Waals surface area contributed by atoms with Crippen molar-refractivity contribution >= 4 is 17.7 Å². The SMILES string of the molecule is Cc1ccc(-n2nnnc2SCC(=O)N2CCCC(C)C2)cc1C. The molecule has 1 unspecified atom stereocenters. The van der Waals surface area contributed by atoms with Gasteiger partial charge >= 0.3 is 0 Å². The summed E-state index contributed by atoms with van der Waals surface area (Å²) in [5.74, 6) is 1.13. The highest BCUT2D eigenvalue weighted by atomic mass is 32.2. The summed E-state index contributed by atoms with van der Waals surface area (Å²) in [4.78, 5) is 14.4. The number of rotatable bonds is 4. The van der Waals surface area contributed by atoms with Gasteiger partial charge in [-0.3, -0.25) is 4.79 Å². The van der Waals surface area contributed by atoms with Crippen LogP contribution in [0, 0.1) is 19.8 Å². The summed E-state index contributed by atoms with van der Waals surface area (Å²) in [5.41, 5.74) is 3.34. The second-order valence-corrected chi connectivity index (χ2v) is 7.46. The number of thioether (sulfide) groups is 1. The number of amides is 1. The number of hydrogen-bond donors (Lipinski definition) is 0. The molecule has 1 aromatic carbocycles. The number of nitrogens with zero attached hydrogens (tertiary/aromatic N) is 5. The van der Waals surface area contributed by atoms with Gasteiger partial charge in [-0.05, 0) is 66.3 Å². The minimum Gasteiger partial charge on any atom is -0.342 e. The van der Waals surface area contributed by atoms with Crippen LogP contribution in [0.15, 0.2) is 23.4 Å². The molecule has 0 saturated carbocycles. The smallest absolute Gasteiger partial charge is 0.233 e. The van der Waals surface area contributed by atoms with Gasteiger partial charge in [-0.25, -0.2) is 0 Å². The van der Waals surface area contributed by atoms with E-state index in [1.807, 2.05) is 11.0 Å². The van der Waals surface area contributed by atoms with E-state index in [0.717, 1.165) is 25.2 Å². The van der Waals surface area contributed by atoms with E-state index in [1.54, 1.807) is 4.68 Å². The lowest BCUT2D eigenvalue weighted by Gasteiger charge is -2.30. The van der Waals surface area contributed by atoms with Gasteiger partial charge in [0.15, 0.2) is 0 Å². The summed E-state index contributed by atoms with van der Waals surface area (Å²) in [5, 5.41) is 12.6. The Morgan fingerprint density at radius 1 is 1.33 bits per heavy atom. The maximum absolute atomic E-state index is 12.4. The average molecular weight is 345 g/mol. The first-order valence-corrected chi connectivity index (χ1v) is 9.29. The van der Waals surface area contributed by atoms with Crippen LogP contribution < -0.4 is 0 Å². The van der Waals surface area contributed by atoms with Crippen LogP contribution in [0.1, 0.15) is 30.9 Å². The first kappa shape index (κ1) is 17.0. The van der Waals surface area contributed by atoms with Crippen molar-refractivity contribution in [2.24, 2.45) is 5.92 Å². The number of piperidine rings is 1. The van der Waals surface area contributed by atoms with Gasteiger partial charge in [0, 0.05) is 13.1 Å². The fourth-order valence-corrected chi connectivity index (χ4v) is 3.72. The monoisotopic (exact) mass is 345 g/mol. The molecular formula is C17H23N5OS. The van der Waals surface area contributed by atoms with Gasteiger partial charge in [-0.15, -0.1) is 5.10 Å². The third-order valence-corrected chi connectivity index (χ3v) is 5.41. The van der Waals surface area contributed by atoms with Gasteiger partial charge in [0.05, 0.1) is 11.4 Å². The fraction of sp³-hybridized carbons (Fsp3) is 0.529. The number of hydrogen-bond acceptors (Lipinski definition) is 5. The van der Waals surface area contributed by atoms with Crippen LogP contribution in [0.25, 0.3) is 5.69 Å². The molecule has 2 heterocycles. The molecule has 128 valence electrons. The molecule has 0 spiro atoms. The van der Waals surface area contributed by atoms with E-state index in [-0.39, 0.29) is 5.91 Å². The molecule has 7 heteroatoms. The number of likely N-dealkylation sites (tertiary alicyclic amines) is 1. The summed E-state index contributed by atoms with van der Waals surface area (Å²) in [6.07, 6.45) is 2.31. The maximum atomic E-state index is 12.4. The zero-order valence-corrected chi connectivity index (χ0v) is 15.2. The standard InChI is InChI=1S/C17H23N5OS/c1-12-5-4-8-21(10-12)16(23)11-24-17-18-19-20-22(17)15-7-6-13(2)14(3)9-15/h6-7,9,12H,4-5,8,10-11H2,1-3H3. The lowest BCUT2D eigenvalue weighted by molar-refractivity contribution is -0.130. The van der Waals surface area contributed by atoms with E-state index in [2.05, 4.69) is 48.4 Å². The molecule has 1 fully saturated rings. The lowest BCUT2D eigenvalue weighted by Crippen LogP contribution is -2.40. The Hall–Kier alpha value is -1.89. The quantitative estimate of drug-likeness (QED) is 0.797. The van der Waals surface area contributed by atoms with E-state index in [4.69, 9.17) is 0 Å². The molecule has 2 aromatic rings. The van der Waals surface area contributed by atoms with Crippen LogP contribution in [-0.4, -0.2) is 49.9 Å². The second kappa shape index (κ2) is 7.34. The van der Waals surface area contributed by atoms with Crippen molar-refractivity contribution in [3.63, 3.8) is 0 Å². The van der Waals surface area contributed by atoms with Crippen LogP contribution in [0.2, 0.25) is 0 Å². The maximum Gasteiger partial charge on any atom is 0.233 e. The van der Waals surface area contributed by atoms with Crippen molar-refractivity contribution < 1.29 is 4.79 Å². The fourth-order valence-electron chi connectivity index (χ4n) is 2.92. The predicted octanol–water partition coefficient (Wildman–Crippen LogP) is 2.63.